The standard InChI is InChI=1S/C34H60FNO5/c1-3-23-20-29(37)13-9-24(23)21-30(38)14-10-26-19-25(32-22-27(35)12-15-31(32)34(39)40)11-16-33(26)36(17-18-41-2)28-7-5-4-6-8-28/h11,23-24,26-34,37-40H,3-10,12-22H2,1-2H3. The Bertz CT molecular complexity index is 789. The lowest BCUT2D eigenvalue weighted by Gasteiger charge is -2.47. The average Bonchev–Trinajstić information content (AvgIpc) is 2.97. The SMILES string of the molecule is CCC1CC(O)CCC1CC(O)CCC1CC(C2CC(F)CCC2C(O)O)=CCC1N(CCOC)C1CCCCC1. The number of nitrogens with zero attached hydrogens (tertiary/aromatic N) is 1. The topological polar surface area (TPSA) is 93.4 Å². The summed E-state index contributed by atoms with van der Waals surface area (Å²) in [7, 11) is 1.77. The summed E-state index contributed by atoms with van der Waals surface area (Å²) in [4.78, 5) is 2.71. The molecule has 6 nitrogen and oxygen atoms in total. The molecule has 0 heterocycles. The van der Waals surface area contributed by atoms with E-state index in [9.17, 15) is 24.8 Å². The maximum Gasteiger partial charge on any atom is 0.154 e. The molecule has 0 radical (unpaired) electrons. The molecule has 3 fully saturated rings. The van der Waals surface area contributed by atoms with Crippen LogP contribution in [0.2, 0.25) is 0 Å². The van der Waals surface area contributed by atoms with E-state index in [2.05, 4.69) is 17.9 Å². The summed E-state index contributed by atoms with van der Waals surface area (Å²) >= 11 is 0. The van der Waals surface area contributed by atoms with E-state index in [1.165, 1.54) is 37.7 Å². The van der Waals surface area contributed by atoms with Gasteiger partial charge in [-0.1, -0.05) is 44.3 Å². The molecule has 41 heavy (non-hydrogen) atoms. The van der Waals surface area contributed by atoms with Crippen molar-refractivity contribution in [2.45, 2.75) is 153 Å². The second-order valence-corrected chi connectivity index (χ2v) is 14.0. The number of halogens is 1. The third kappa shape index (κ3) is 9.21. The second-order valence-electron chi connectivity index (χ2n) is 14.0. The van der Waals surface area contributed by atoms with Crippen LogP contribution in [0.5, 0.6) is 0 Å². The molecule has 9 unspecified atom stereocenters. The van der Waals surface area contributed by atoms with Gasteiger partial charge in [-0.05, 0) is 107 Å². The molecule has 238 valence electrons. The molecule has 9 atom stereocenters. The fourth-order valence-electron chi connectivity index (χ4n) is 9.13. The molecule has 4 N–H and O–H groups in total. The molecule has 0 bridgehead atoms. The maximum atomic E-state index is 14.6. The van der Waals surface area contributed by atoms with Gasteiger partial charge in [0.05, 0.1) is 18.8 Å². The zero-order chi connectivity index (χ0) is 29.4. The highest BCUT2D eigenvalue weighted by atomic mass is 19.1. The van der Waals surface area contributed by atoms with E-state index < -0.39 is 12.5 Å². The predicted molar refractivity (Wildman–Crippen MR) is 161 cm³/mol. The summed E-state index contributed by atoms with van der Waals surface area (Å²) in [6, 6.07) is 0.918. The number of alkyl halides is 1. The van der Waals surface area contributed by atoms with Gasteiger partial charge in [-0.15, -0.1) is 0 Å². The number of allylic oxidation sites excluding steroid dienone is 1. The Morgan fingerprint density at radius 1 is 0.976 bits per heavy atom. The third-order valence-corrected chi connectivity index (χ3v) is 11.5. The monoisotopic (exact) mass is 581 g/mol. The minimum atomic E-state index is -1.41. The van der Waals surface area contributed by atoms with Gasteiger partial charge in [0.1, 0.15) is 6.17 Å². The van der Waals surface area contributed by atoms with Crippen molar-refractivity contribution in [3.8, 4) is 0 Å². The van der Waals surface area contributed by atoms with Gasteiger partial charge in [0.25, 0.3) is 0 Å². The van der Waals surface area contributed by atoms with Crippen LogP contribution in [-0.4, -0.2) is 82.3 Å². The van der Waals surface area contributed by atoms with E-state index in [0.29, 0.717) is 55.7 Å². The number of methoxy groups -OCH3 is 1. The molecule has 3 saturated carbocycles. The molecule has 4 aliphatic rings. The summed E-state index contributed by atoms with van der Waals surface area (Å²) in [5.41, 5.74) is 1.21. The van der Waals surface area contributed by atoms with E-state index >= 15 is 0 Å². The fourth-order valence-corrected chi connectivity index (χ4v) is 9.13. The number of aliphatic hydroxyl groups is 4. The summed E-state index contributed by atoms with van der Waals surface area (Å²) in [6.07, 6.45) is 15.1. The van der Waals surface area contributed by atoms with Crippen molar-refractivity contribution in [1.82, 2.24) is 4.90 Å². The van der Waals surface area contributed by atoms with Crippen LogP contribution in [0.15, 0.2) is 11.6 Å². The van der Waals surface area contributed by atoms with Crippen molar-refractivity contribution in [3.05, 3.63) is 11.6 Å². The van der Waals surface area contributed by atoms with Crippen LogP contribution in [-0.2, 0) is 4.74 Å². The minimum Gasteiger partial charge on any atom is -0.393 e. The normalized spacial score (nSPS) is 36.5. The Kier molecular flexibility index (Phi) is 13.4. The number of ether oxygens (including phenoxy) is 1. The predicted octanol–water partition coefficient (Wildman–Crippen LogP) is 5.76. The van der Waals surface area contributed by atoms with E-state index in [0.717, 1.165) is 64.3 Å². The number of aliphatic hydroxyl groups excluding tert-OH is 3. The zero-order valence-electron chi connectivity index (χ0n) is 25.9. The van der Waals surface area contributed by atoms with Gasteiger partial charge in [-0.2, -0.15) is 0 Å². The van der Waals surface area contributed by atoms with E-state index in [-0.39, 0.29) is 24.0 Å². The van der Waals surface area contributed by atoms with Crippen molar-refractivity contribution < 1.29 is 29.6 Å². The summed E-state index contributed by atoms with van der Waals surface area (Å²) in [5.74, 6) is 0.893. The third-order valence-electron chi connectivity index (χ3n) is 11.5. The molecule has 0 aliphatic heterocycles. The van der Waals surface area contributed by atoms with Crippen LogP contribution in [0.25, 0.3) is 0 Å². The van der Waals surface area contributed by atoms with E-state index in [4.69, 9.17) is 4.74 Å². The zero-order valence-corrected chi connectivity index (χ0v) is 25.9. The van der Waals surface area contributed by atoms with Crippen LogP contribution in [0, 0.1) is 29.6 Å². The van der Waals surface area contributed by atoms with E-state index in [1.807, 2.05) is 0 Å². The summed E-state index contributed by atoms with van der Waals surface area (Å²) in [5, 5.41) is 41.7. The van der Waals surface area contributed by atoms with Gasteiger partial charge < -0.3 is 25.2 Å². The molecule has 0 aromatic rings. The lowest BCUT2D eigenvalue weighted by molar-refractivity contribution is -0.111. The highest BCUT2D eigenvalue weighted by Crippen LogP contribution is 2.45. The van der Waals surface area contributed by atoms with Crippen LogP contribution < -0.4 is 0 Å². The Morgan fingerprint density at radius 2 is 1.76 bits per heavy atom. The Balaban J connectivity index is 1.49. The van der Waals surface area contributed by atoms with Gasteiger partial charge in [0.2, 0.25) is 0 Å². The second kappa shape index (κ2) is 16.5. The van der Waals surface area contributed by atoms with Gasteiger partial charge >= 0.3 is 0 Å². The molecular formula is C34H60FNO5. The molecule has 0 aromatic carbocycles. The highest BCUT2D eigenvalue weighted by Gasteiger charge is 2.41. The highest BCUT2D eigenvalue weighted by molar-refractivity contribution is 5.17. The first-order chi connectivity index (χ1) is 19.8. The van der Waals surface area contributed by atoms with Gasteiger partial charge in [0.15, 0.2) is 6.29 Å². The van der Waals surface area contributed by atoms with Crippen LogP contribution in [0.3, 0.4) is 0 Å². The minimum absolute atomic E-state index is 0.117. The Morgan fingerprint density at radius 3 is 2.46 bits per heavy atom. The molecule has 4 aliphatic carbocycles. The number of hydrogen-bond donors (Lipinski definition) is 4. The first-order valence-corrected chi connectivity index (χ1v) is 17.1. The Hall–Kier alpha value is -0.570. The van der Waals surface area contributed by atoms with Gasteiger partial charge in [0, 0.05) is 31.7 Å². The first kappa shape index (κ1) is 33.3. The van der Waals surface area contributed by atoms with Crippen molar-refractivity contribution >= 4 is 0 Å². The maximum absolute atomic E-state index is 14.6. The van der Waals surface area contributed by atoms with Crippen LogP contribution >= 0.6 is 0 Å². The van der Waals surface area contributed by atoms with Gasteiger partial charge in [-0.3, -0.25) is 4.90 Å². The number of rotatable bonds is 13. The molecule has 0 aromatic heterocycles. The summed E-state index contributed by atoms with van der Waals surface area (Å²) in [6.45, 7) is 3.81. The average molecular weight is 582 g/mol. The van der Waals surface area contributed by atoms with Crippen molar-refractivity contribution in [2.75, 3.05) is 20.3 Å². The quantitative estimate of drug-likeness (QED) is 0.163. The van der Waals surface area contributed by atoms with Crippen molar-refractivity contribution in [2.24, 2.45) is 29.6 Å². The van der Waals surface area contributed by atoms with Crippen molar-refractivity contribution in [3.63, 3.8) is 0 Å². The summed E-state index contributed by atoms with van der Waals surface area (Å²) < 4.78 is 20.2. The molecule has 0 spiro atoms. The van der Waals surface area contributed by atoms with Crippen LogP contribution in [0.1, 0.15) is 116 Å². The molecule has 7 heteroatoms. The molecule has 0 amide bonds. The fraction of sp³-hybridized carbons (Fsp3) is 0.941. The largest absolute Gasteiger partial charge is 0.393 e. The van der Waals surface area contributed by atoms with Crippen LogP contribution in [0.4, 0.5) is 4.39 Å². The lowest BCUT2D eigenvalue weighted by atomic mass is 9.68. The first-order valence-electron chi connectivity index (χ1n) is 17.1. The lowest BCUT2D eigenvalue weighted by Crippen LogP contribution is -2.50. The number of hydrogen-bond acceptors (Lipinski definition) is 6. The smallest absolute Gasteiger partial charge is 0.154 e. The van der Waals surface area contributed by atoms with Crippen molar-refractivity contribution in [1.29, 1.82) is 0 Å². The van der Waals surface area contributed by atoms with E-state index in [1.54, 1.807) is 7.11 Å². The molecule has 0 saturated heterocycles. The van der Waals surface area contributed by atoms with Gasteiger partial charge in [-0.25, -0.2) is 4.39 Å². The Labute approximate surface area is 248 Å². The molecule has 4 rings (SSSR count). The molecular weight excluding hydrogens is 521 g/mol.